The second kappa shape index (κ2) is 9.76. The number of carbonyl (C=O) groups excluding carboxylic acids is 1. The molecule has 1 rings (SSSR count). The Kier molecular flexibility index (Phi) is 8.38. The van der Waals surface area contributed by atoms with Gasteiger partial charge >= 0.3 is 0 Å². The minimum Gasteiger partial charge on any atom is -0.326 e. The molecule has 0 atom stereocenters. The first kappa shape index (κ1) is 20.6. The highest BCUT2D eigenvalue weighted by molar-refractivity contribution is 7.88. The second-order valence-electron chi connectivity index (χ2n) is 6.13. The van der Waals surface area contributed by atoms with E-state index in [4.69, 9.17) is 0 Å². The van der Waals surface area contributed by atoms with Gasteiger partial charge in [0.15, 0.2) is 0 Å². The molecule has 1 aromatic carbocycles. The third-order valence-electron chi connectivity index (χ3n) is 3.74. The fraction of sp³-hybridized carbons (Fsp3) is 0.588. The van der Waals surface area contributed by atoms with Gasteiger partial charge in [-0.3, -0.25) is 4.79 Å². The van der Waals surface area contributed by atoms with E-state index in [1.807, 2.05) is 50.2 Å². The van der Waals surface area contributed by atoms with Gasteiger partial charge in [-0.2, -0.15) is 0 Å². The van der Waals surface area contributed by atoms with Gasteiger partial charge in [0.05, 0.1) is 6.26 Å². The predicted molar refractivity (Wildman–Crippen MR) is 98.7 cm³/mol. The summed E-state index contributed by atoms with van der Waals surface area (Å²) in [7, 11) is 0.586. The third kappa shape index (κ3) is 7.42. The summed E-state index contributed by atoms with van der Waals surface area (Å²) in [6.45, 7) is 3.46. The van der Waals surface area contributed by atoms with Gasteiger partial charge in [-0.05, 0) is 45.1 Å². The summed E-state index contributed by atoms with van der Waals surface area (Å²) in [5.74, 6) is -0.169. The lowest BCUT2D eigenvalue weighted by Gasteiger charge is -2.21. The van der Waals surface area contributed by atoms with E-state index in [9.17, 15) is 13.2 Å². The zero-order valence-corrected chi connectivity index (χ0v) is 15.9. The van der Waals surface area contributed by atoms with Crippen LogP contribution >= 0.6 is 0 Å². The van der Waals surface area contributed by atoms with Crippen molar-refractivity contribution in [3.05, 3.63) is 29.8 Å². The van der Waals surface area contributed by atoms with Crippen LogP contribution < -0.4 is 5.32 Å². The van der Waals surface area contributed by atoms with Crippen molar-refractivity contribution in [3.63, 3.8) is 0 Å². The fourth-order valence-corrected chi connectivity index (χ4v) is 3.28. The van der Waals surface area contributed by atoms with Gasteiger partial charge < -0.3 is 10.2 Å². The summed E-state index contributed by atoms with van der Waals surface area (Å²) in [4.78, 5) is 14.2. The van der Waals surface area contributed by atoms with Crippen molar-refractivity contribution in [3.8, 4) is 0 Å². The highest BCUT2D eigenvalue weighted by Gasteiger charge is 2.17. The Labute approximate surface area is 145 Å². The molecule has 0 heterocycles. The van der Waals surface area contributed by atoms with Crippen LogP contribution in [0.3, 0.4) is 0 Å². The molecular weight excluding hydrogens is 326 g/mol. The molecular formula is C17H29N3O3S. The average molecular weight is 356 g/mol. The number of rotatable bonds is 10. The molecule has 0 aliphatic carbocycles. The van der Waals surface area contributed by atoms with Crippen LogP contribution in [0.4, 0.5) is 5.69 Å². The van der Waals surface area contributed by atoms with Crippen LogP contribution in [0.15, 0.2) is 24.3 Å². The van der Waals surface area contributed by atoms with Gasteiger partial charge in [0.1, 0.15) is 0 Å². The Bertz CT molecular complexity index is 630. The van der Waals surface area contributed by atoms with Gasteiger partial charge in [-0.25, -0.2) is 12.7 Å². The van der Waals surface area contributed by atoms with Crippen molar-refractivity contribution in [2.24, 2.45) is 0 Å². The molecule has 1 N–H and O–H groups in total. The first-order valence-corrected chi connectivity index (χ1v) is 10.1. The molecule has 0 saturated heterocycles. The van der Waals surface area contributed by atoms with E-state index in [1.54, 1.807) is 0 Å². The van der Waals surface area contributed by atoms with Crippen LogP contribution in [0.1, 0.15) is 25.3 Å². The van der Waals surface area contributed by atoms with Crippen LogP contribution in [0.5, 0.6) is 0 Å². The standard InChI is InChI=1S/C17H29N3O3S/c1-5-15-9-6-7-10-16(15)18-17(21)11-14-20(24(4,22)23)13-8-12-19(2)3/h6-7,9-10H,5,8,11-14H2,1-4H3,(H,18,21). The molecule has 0 saturated carbocycles. The van der Waals surface area contributed by atoms with E-state index in [0.717, 1.165) is 30.6 Å². The number of hydrogen-bond acceptors (Lipinski definition) is 4. The second-order valence-corrected chi connectivity index (χ2v) is 8.11. The lowest BCUT2D eigenvalue weighted by atomic mass is 10.1. The number of anilines is 1. The normalized spacial score (nSPS) is 11.9. The number of amides is 1. The number of nitrogens with one attached hydrogen (secondary N) is 1. The monoisotopic (exact) mass is 355 g/mol. The summed E-state index contributed by atoms with van der Waals surface area (Å²) < 4.78 is 25.1. The lowest BCUT2D eigenvalue weighted by Crippen LogP contribution is -2.35. The number of para-hydroxylation sites is 1. The van der Waals surface area contributed by atoms with E-state index >= 15 is 0 Å². The van der Waals surface area contributed by atoms with Gasteiger partial charge in [-0.1, -0.05) is 25.1 Å². The lowest BCUT2D eigenvalue weighted by molar-refractivity contribution is -0.116. The third-order valence-corrected chi connectivity index (χ3v) is 5.05. The van der Waals surface area contributed by atoms with Crippen LogP contribution in [0.25, 0.3) is 0 Å². The zero-order chi connectivity index (χ0) is 18.2. The highest BCUT2D eigenvalue weighted by Crippen LogP contribution is 2.15. The molecule has 6 nitrogen and oxygen atoms in total. The van der Waals surface area contributed by atoms with Crippen molar-refractivity contribution in [2.45, 2.75) is 26.2 Å². The number of benzene rings is 1. The van der Waals surface area contributed by atoms with Gasteiger partial charge in [0, 0.05) is 25.2 Å². The first-order valence-electron chi connectivity index (χ1n) is 8.21. The van der Waals surface area contributed by atoms with Crippen molar-refractivity contribution in [1.29, 1.82) is 0 Å². The maximum Gasteiger partial charge on any atom is 0.225 e. The topological polar surface area (TPSA) is 69.7 Å². The average Bonchev–Trinajstić information content (AvgIpc) is 2.49. The van der Waals surface area contributed by atoms with Crippen LogP contribution in [0.2, 0.25) is 0 Å². The number of hydrogen-bond donors (Lipinski definition) is 1. The largest absolute Gasteiger partial charge is 0.326 e. The van der Waals surface area contributed by atoms with Crippen molar-refractivity contribution >= 4 is 21.6 Å². The Morgan fingerprint density at radius 3 is 2.38 bits per heavy atom. The fourth-order valence-electron chi connectivity index (χ4n) is 2.40. The van der Waals surface area contributed by atoms with Crippen molar-refractivity contribution in [1.82, 2.24) is 9.21 Å². The Balaban J connectivity index is 2.58. The minimum absolute atomic E-state index is 0.146. The molecule has 0 fully saturated rings. The molecule has 7 heteroatoms. The Hall–Kier alpha value is -1.44. The number of carbonyl (C=O) groups is 1. The van der Waals surface area contributed by atoms with Crippen LogP contribution in [-0.4, -0.2) is 63.5 Å². The van der Waals surface area contributed by atoms with E-state index < -0.39 is 10.0 Å². The van der Waals surface area contributed by atoms with Gasteiger partial charge in [0.25, 0.3) is 0 Å². The molecule has 1 amide bonds. The summed E-state index contributed by atoms with van der Waals surface area (Å²) in [6, 6.07) is 7.64. The molecule has 0 unspecified atom stereocenters. The van der Waals surface area contributed by atoms with E-state index in [-0.39, 0.29) is 18.9 Å². The highest BCUT2D eigenvalue weighted by atomic mass is 32.2. The van der Waals surface area contributed by atoms with Crippen molar-refractivity contribution in [2.75, 3.05) is 45.3 Å². The molecule has 136 valence electrons. The first-order chi connectivity index (χ1) is 11.2. The maximum atomic E-state index is 12.2. The summed E-state index contributed by atoms with van der Waals surface area (Å²) >= 11 is 0. The van der Waals surface area contributed by atoms with Gasteiger partial charge in [-0.15, -0.1) is 0 Å². The number of aryl methyl sites for hydroxylation is 1. The predicted octanol–water partition coefficient (Wildman–Crippen LogP) is 1.79. The van der Waals surface area contributed by atoms with Crippen molar-refractivity contribution < 1.29 is 13.2 Å². The molecule has 24 heavy (non-hydrogen) atoms. The molecule has 0 aliphatic rings. The molecule has 0 aliphatic heterocycles. The Morgan fingerprint density at radius 1 is 1.12 bits per heavy atom. The maximum absolute atomic E-state index is 12.2. The summed E-state index contributed by atoms with van der Waals surface area (Å²) in [5, 5.41) is 2.87. The molecule has 0 spiro atoms. The van der Waals surface area contributed by atoms with E-state index in [1.165, 1.54) is 10.6 Å². The summed E-state index contributed by atoms with van der Waals surface area (Å²) in [5.41, 5.74) is 1.86. The smallest absolute Gasteiger partial charge is 0.225 e. The van der Waals surface area contributed by atoms with Crippen LogP contribution in [-0.2, 0) is 21.2 Å². The quantitative estimate of drug-likeness (QED) is 0.695. The number of sulfonamides is 1. The molecule has 0 bridgehead atoms. The molecule has 0 radical (unpaired) electrons. The minimum atomic E-state index is -3.31. The number of nitrogens with zero attached hydrogens (tertiary/aromatic N) is 2. The summed E-state index contributed by atoms with van der Waals surface area (Å²) in [6.07, 6.45) is 2.90. The van der Waals surface area contributed by atoms with E-state index in [0.29, 0.717) is 6.54 Å². The zero-order valence-electron chi connectivity index (χ0n) is 15.1. The van der Waals surface area contributed by atoms with Crippen LogP contribution in [0, 0.1) is 0 Å². The SMILES string of the molecule is CCc1ccccc1NC(=O)CCN(CCCN(C)C)S(C)(=O)=O. The molecule has 1 aromatic rings. The molecule has 0 aromatic heterocycles. The Morgan fingerprint density at radius 2 is 1.79 bits per heavy atom. The van der Waals surface area contributed by atoms with Gasteiger partial charge in [0.2, 0.25) is 15.9 Å². The van der Waals surface area contributed by atoms with E-state index in [2.05, 4.69) is 5.32 Å².